The molecule has 102 valence electrons. The first-order valence-corrected chi connectivity index (χ1v) is 7.64. The van der Waals surface area contributed by atoms with Crippen molar-refractivity contribution in [1.29, 1.82) is 0 Å². The van der Waals surface area contributed by atoms with Gasteiger partial charge in [-0.25, -0.2) is 12.7 Å². The highest BCUT2D eigenvalue weighted by Crippen LogP contribution is 2.12. The molecule has 5 heteroatoms. The van der Waals surface area contributed by atoms with Gasteiger partial charge in [-0.1, -0.05) is 29.8 Å². The van der Waals surface area contributed by atoms with Crippen LogP contribution in [0.3, 0.4) is 0 Å². The Kier molecular flexibility index (Phi) is 5.31. The maximum Gasteiger partial charge on any atom is 0.214 e. The number of nitrogens with one attached hydrogen (secondary N) is 1. The number of hydrogen-bond acceptors (Lipinski definition) is 3. The van der Waals surface area contributed by atoms with Crippen LogP contribution in [0.15, 0.2) is 24.3 Å². The Morgan fingerprint density at radius 2 is 1.78 bits per heavy atom. The molecule has 0 bridgehead atoms. The second kappa shape index (κ2) is 6.31. The standard InChI is InChI=1S/C13H22N2O2S/c1-11-5-7-13(8-6-11)12(2)14-9-10-18(16,17)15(3)4/h5-8,12,14H,9-10H2,1-4H3. The van der Waals surface area contributed by atoms with E-state index in [1.807, 2.05) is 13.8 Å². The van der Waals surface area contributed by atoms with Crippen molar-refractivity contribution < 1.29 is 8.42 Å². The summed E-state index contributed by atoms with van der Waals surface area (Å²) in [7, 11) is -0.00334. The van der Waals surface area contributed by atoms with E-state index < -0.39 is 10.0 Å². The van der Waals surface area contributed by atoms with E-state index in [9.17, 15) is 8.42 Å². The van der Waals surface area contributed by atoms with Crippen molar-refractivity contribution in [2.75, 3.05) is 26.4 Å². The smallest absolute Gasteiger partial charge is 0.214 e. The van der Waals surface area contributed by atoms with E-state index in [-0.39, 0.29) is 11.8 Å². The highest BCUT2D eigenvalue weighted by atomic mass is 32.2. The van der Waals surface area contributed by atoms with Crippen molar-refractivity contribution >= 4 is 10.0 Å². The minimum atomic E-state index is -3.11. The van der Waals surface area contributed by atoms with Gasteiger partial charge in [-0.2, -0.15) is 0 Å². The SMILES string of the molecule is Cc1ccc(C(C)NCCS(=O)(=O)N(C)C)cc1. The molecule has 0 saturated carbocycles. The molecule has 1 aromatic rings. The van der Waals surface area contributed by atoms with Crippen molar-refractivity contribution in [2.24, 2.45) is 0 Å². The molecule has 0 saturated heterocycles. The summed E-state index contributed by atoms with van der Waals surface area (Å²) in [4.78, 5) is 0. The zero-order valence-corrected chi connectivity index (χ0v) is 12.3. The third kappa shape index (κ3) is 4.40. The molecule has 1 rings (SSSR count). The summed E-state index contributed by atoms with van der Waals surface area (Å²) in [5.74, 6) is 0.121. The second-order valence-electron chi connectivity index (χ2n) is 4.68. The summed E-state index contributed by atoms with van der Waals surface area (Å²) < 4.78 is 24.4. The van der Waals surface area contributed by atoms with Gasteiger partial charge in [0, 0.05) is 26.7 Å². The minimum Gasteiger partial charge on any atom is -0.309 e. The number of rotatable bonds is 6. The molecule has 0 heterocycles. The van der Waals surface area contributed by atoms with Gasteiger partial charge < -0.3 is 5.32 Å². The minimum absolute atomic E-state index is 0.121. The molecule has 1 atom stereocenters. The van der Waals surface area contributed by atoms with E-state index in [1.54, 1.807) is 14.1 Å². The van der Waals surface area contributed by atoms with Crippen LogP contribution >= 0.6 is 0 Å². The summed E-state index contributed by atoms with van der Waals surface area (Å²) in [5.41, 5.74) is 2.39. The molecule has 1 unspecified atom stereocenters. The maximum atomic E-state index is 11.6. The van der Waals surface area contributed by atoms with Crippen molar-refractivity contribution in [3.8, 4) is 0 Å². The Hall–Kier alpha value is -0.910. The van der Waals surface area contributed by atoms with E-state index in [2.05, 4.69) is 29.6 Å². The molecule has 4 nitrogen and oxygen atoms in total. The normalized spacial score (nSPS) is 13.8. The topological polar surface area (TPSA) is 49.4 Å². The quantitative estimate of drug-likeness (QED) is 0.853. The second-order valence-corrected chi connectivity index (χ2v) is 6.99. The molecule has 0 amide bonds. The maximum absolute atomic E-state index is 11.6. The summed E-state index contributed by atoms with van der Waals surface area (Å²) in [5, 5.41) is 3.22. The van der Waals surface area contributed by atoms with Gasteiger partial charge in [0.25, 0.3) is 0 Å². The van der Waals surface area contributed by atoms with Crippen molar-refractivity contribution in [2.45, 2.75) is 19.9 Å². The molecular formula is C13H22N2O2S. The van der Waals surface area contributed by atoms with E-state index in [0.29, 0.717) is 6.54 Å². The zero-order valence-electron chi connectivity index (χ0n) is 11.5. The fourth-order valence-electron chi connectivity index (χ4n) is 1.56. The number of sulfonamides is 1. The lowest BCUT2D eigenvalue weighted by atomic mass is 10.1. The molecule has 0 fully saturated rings. The number of aryl methyl sites for hydroxylation is 1. The molecule has 0 aromatic heterocycles. The van der Waals surface area contributed by atoms with Gasteiger partial charge in [-0.3, -0.25) is 0 Å². The summed E-state index contributed by atoms with van der Waals surface area (Å²) in [6.07, 6.45) is 0. The van der Waals surface area contributed by atoms with Crippen LogP contribution in [0.4, 0.5) is 0 Å². The molecule has 0 radical (unpaired) electrons. The van der Waals surface area contributed by atoms with Crippen LogP contribution < -0.4 is 5.32 Å². The molecule has 1 N–H and O–H groups in total. The van der Waals surface area contributed by atoms with Gasteiger partial charge in [-0.15, -0.1) is 0 Å². The molecule has 0 spiro atoms. The average molecular weight is 270 g/mol. The first-order chi connectivity index (χ1) is 8.33. The van der Waals surface area contributed by atoms with Crippen LogP contribution in [0.2, 0.25) is 0 Å². The fourth-order valence-corrected chi connectivity index (χ4v) is 2.30. The molecular weight excluding hydrogens is 248 g/mol. The van der Waals surface area contributed by atoms with Crippen molar-refractivity contribution in [1.82, 2.24) is 9.62 Å². The van der Waals surface area contributed by atoms with Crippen LogP contribution in [0.5, 0.6) is 0 Å². The van der Waals surface area contributed by atoms with Crippen LogP contribution in [0, 0.1) is 6.92 Å². The summed E-state index contributed by atoms with van der Waals surface area (Å²) >= 11 is 0. The number of benzene rings is 1. The highest BCUT2D eigenvalue weighted by molar-refractivity contribution is 7.89. The van der Waals surface area contributed by atoms with E-state index in [0.717, 1.165) is 0 Å². The molecule has 1 aromatic carbocycles. The number of nitrogens with zero attached hydrogens (tertiary/aromatic N) is 1. The Morgan fingerprint density at radius 1 is 1.22 bits per heavy atom. The van der Waals surface area contributed by atoms with Crippen LogP contribution in [0.1, 0.15) is 24.1 Å². The lowest BCUT2D eigenvalue weighted by Gasteiger charge is -2.16. The van der Waals surface area contributed by atoms with Gasteiger partial charge in [-0.05, 0) is 19.4 Å². The molecule has 0 aliphatic heterocycles. The van der Waals surface area contributed by atoms with E-state index in [1.165, 1.54) is 15.4 Å². The van der Waals surface area contributed by atoms with Gasteiger partial charge >= 0.3 is 0 Å². The first-order valence-electron chi connectivity index (χ1n) is 6.03. The largest absolute Gasteiger partial charge is 0.309 e. The molecule has 0 aliphatic rings. The average Bonchev–Trinajstić information content (AvgIpc) is 2.29. The first kappa shape index (κ1) is 15.1. The van der Waals surface area contributed by atoms with Crippen molar-refractivity contribution in [3.05, 3.63) is 35.4 Å². The predicted molar refractivity (Wildman–Crippen MR) is 75.1 cm³/mol. The predicted octanol–water partition coefficient (Wildman–Crippen LogP) is 1.54. The summed E-state index contributed by atoms with van der Waals surface area (Å²) in [6.45, 7) is 4.54. The zero-order chi connectivity index (χ0) is 13.8. The van der Waals surface area contributed by atoms with Gasteiger partial charge in [0.15, 0.2) is 0 Å². The van der Waals surface area contributed by atoms with Gasteiger partial charge in [0.2, 0.25) is 10.0 Å². The lowest BCUT2D eigenvalue weighted by molar-refractivity contribution is 0.512. The fraction of sp³-hybridized carbons (Fsp3) is 0.538. The van der Waals surface area contributed by atoms with Gasteiger partial charge in [0.05, 0.1) is 5.75 Å². The van der Waals surface area contributed by atoms with Crippen molar-refractivity contribution in [3.63, 3.8) is 0 Å². The monoisotopic (exact) mass is 270 g/mol. The molecule has 18 heavy (non-hydrogen) atoms. The van der Waals surface area contributed by atoms with Crippen LogP contribution in [0.25, 0.3) is 0 Å². The Bertz CT molecular complexity index is 466. The summed E-state index contributed by atoms with van der Waals surface area (Å²) in [6, 6.07) is 8.40. The third-order valence-corrected chi connectivity index (χ3v) is 4.78. The Morgan fingerprint density at radius 3 is 2.28 bits per heavy atom. The number of hydrogen-bond donors (Lipinski definition) is 1. The lowest BCUT2D eigenvalue weighted by Crippen LogP contribution is -2.32. The van der Waals surface area contributed by atoms with E-state index >= 15 is 0 Å². The Balaban J connectivity index is 2.47. The van der Waals surface area contributed by atoms with Crippen LogP contribution in [-0.2, 0) is 10.0 Å². The van der Waals surface area contributed by atoms with E-state index in [4.69, 9.17) is 0 Å². The molecule has 0 aliphatic carbocycles. The third-order valence-electron chi connectivity index (χ3n) is 2.94. The Labute approximate surface area is 110 Å². The van der Waals surface area contributed by atoms with Crippen LogP contribution in [-0.4, -0.2) is 39.1 Å². The van der Waals surface area contributed by atoms with Gasteiger partial charge in [0.1, 0.15) is 0 Å². The highest BCUT2D eigenvalue weighted by Gasteiger charge is 2.13.